The molecule has 0 fully saturated rings. The van der Waals surface area contributed by atoms with E-state index in [1.54, 1.807) is 12.1 Å². The molecule has 0 aromatic heterocycles. The van der Waals surface area contributed by atoms with Crippen molar-refractivity contribution in [2.24, 2.45) is 0 Å². The normalized spacial score (nSPS) is 10.3. The fourth-order valence-corrected chi connectivity index (χ4v) is 1.60. The largest absolute Gasteiger partial charge is 0.507 e. The molecule has 0 amide bonds. The van der Waals surface area contributed by atoms with E-state index >= 15 is 0 Å². The molecule has 2 nitrogen and oxygen atoms in total. The molecule has 1 aromatic rings. The summed E-state index contributed by atoms with van der Waals surface area (Å²) in [6.07, 6.45) is 7.57. The van der Waals surface area contributed by atoms with Gasteiger partial charge in [-0.25, -0.2) is 0 Å². The van der Waals surface area contributed by atoms with Crippen LogP contribution < -0.4 is 4.74 Å². The van der Waals surface area contributed by atoms with Crippen LogP contribution in [0.15, 0.2) is 18.2 Å². The zero-order valence-corrected chi connectivity index (χ0v) is 10.0. The zero-order valence-electron chi connectivity index (χ0n) is 10.0. The Labute approximate surface area is 98.3 Å². The van der Waals surface area contributed by atoms with Crippen LogP contribution in [0.5, 0.6) is 11.5 Å². The van der Waals surface area contributed by atoms with Gasteiger partial charge in [0.25, 0.3) is 0 Å². The summed E-state index contributed by atoms with van der Waals surface area (Å²) in [5.74, 6) is 0.866. The van der Waals surface area contributed by atoms with Crippen LogP contribution in [0.4, 0.5) is 0 Å². The lowest BCUT2D eigenvalue weighted by molar-refractivity contribution is 0.302. The van der Waals surface area contributed by atoms with Crippen LogP contribution in [-0.4, -0.2) is 11.7 Å². The van der Waals surface area contributed by atoms with Gasteiger partial charge in [0.15, 0.2) is 0 Å². The van der Waals surface area contributed by atoms with Crippen molar-refractivity contribution in [2.45, 2.75) is 45.4 Å². The first-order chi connectivity index (χ1) is 7.83. The Morgan fingerprint density at radius 3 is 2.69 bits per heavy atom. The maximum atomic E-state index is 9.18. The molecule has 0 aliphatic rings. The lowest BCUT2D eigenvalue weighted by Gasteiger charge is -2.05. The second-order valence-electron chi connectivity index (χ2n) is 4.03. The minimum Gasteiger partial charge on any atom is -0.507 e. The van der Waals surface area contributed by atoms with Gasteiger partial charge < -0.3 is 9.84 Å². The molecule has 0 atom stereocenters. The zero-order chi connectivity index (χ0) is 11.6. The number of phenolic OH excluding ortho intramolecular Hbond substituents is 1. The van der Waals surface area contributed by atoms with Gasteiger partial charge >= 0.3 is 0 Å². The second-order valence-corrected chi connectivity index (χ2v) is 4.03. The molecular formula is C14H21O2. The summed E-state index contributed by atoms with van der Waals surface area (Å²) in [7, 11) is 0. The second kappa shape index (κ2) is 8.03. The van der Waals surface area contributed by atoms with Gasteiger partial charge in [-0.05, 0) is 18.6 Å². The predicted octanol–water partition coefficient (Wildman–Crippen LogP) is 3.93. The van der Waals surface area contributed by atoms with Crippen LogP contribution in [0.25, 0.3) is 0 Å². The van der Waals surface area contributed by atoms with Gasteiger partial charge in [0.1, 0.15) is 11.5 Å². The first kappa shape index (κ1) is 12.9. The highest BCUT2D eigenvalue weighted by molar-refractivity contribution is 5.30. The highest BCUT2D eigenvalue weighted by atomic mass is 16.5. The van der Waals surface area contributed by atoms with Crippen molar-refractivity contribution in [1.82, 2.24) is 0 Å². The average molecular weight is 221 g/mol. The third-order valence-electron chi connectivity index (χ3n) is 2.52. The summed E-state index contributed by atoms with van der Waals surface area (Å²) in [5, 5.41) is 9.18. The Kier molecular flexibility index (Phi) is 6.47. The van der Waals surface area contributed by atoms with Crippen molar-refractivity contribution < 1.29 is 9.84 Å². The lowest BCUT2D eigenvalue weighted by Crippen LogP contribution is -1.96. The topological polar surface area (TPSA) is 29.5 Å². The average Bonchev–Trinajstić information content (AvgIpc) is 2.28. The van der Waals surface area contributed by atoms with Crippen molar-refractivity contribution >= 4 is 0 Å². The highest BCUT2D eigenvalue weighted by Gasteiger charge is 1.95. The van der Waals surface area contributed by atoms with Crippen LogP contribution in [0.2, 0.25) is 0 Å². The number of rotatable bonds is 8. The smallest absolute Gasteiger partial charge is 0.127 e. The first-order valence-corrected chi connectivity index (χ1v) is 6.16. The number of benzene rings is 1. The van der Waals surface area contributed by atoms with Crippen molar-refractivity contribution in [1.29, 1.82) is 0 Å². The van der Waals surface area contributed by atoms with E-state index in [0.717, 1.165) is 18.8 Å². The van der Waals surface area contributed by atoms with Crippen molar-refractivity contribution in [3.63, 3.8) is 0 Å². The van der Waals surface area contributed by atoms with E-state index < -0.39 is 0 Å². The number of hydrogen-bond acceptors (Lipinski definition) is 2. The third kappa shape index (κ3) is 5.64. The summed E-state index contributed by atoms with van der Waals surface area (Å²) >= 11 is 0. The Balaban J connectivity index is 2.03. The fraction of sp³-hybridized carbons (Fsp3) is 0.571. The molecule has 1 aromatic carbocycles. The third-order valence-corrected chi connectivity index (χ3v) is 2.52. The summed E-state index contributed by atoms with van der Waals surface area (Å²) in [6, 6.07) is 7.76. The number of phenols is 1. The molecule has 0 aliphatic carbocycles. The molecule has 0 saturated heterocycles. The monoisotopic (exact) mass is 221 g/mol. The van der Waals surface area contributed by atoms with Gasteiger partial charge in [0, 0.05) is 12.1 Å². The van der Waals surface area contributed by atoms with Gasteiger partial charge in [-0.1, -0.05) is 39.0 Å². The van der Waals surface area contributed by atoms with E-state index in [9.17, 15) is 5.11 Å². The van der Waals surface area contributed by atoms with Crippen LogP contribution in [0.3, 0.4) is 0 Å². The van der Waals surface area contributed by atoms with Crippen LogP contribution in [0.1, 0.15) is 45.4 Å². The maximum absolute atomic E-state index is 9.18. The van der Waals surface area contributed by atoms with E-state index in [2.05, 4.69) is 13.0 Å². The molecule has 1 N–H and O–H groups in total. The summed E-state index contributed by atoms with van der Waals surface area (Å²) in [6.45, 7) is 2.96. The minimum atomic E-state index is 0.139. The standard InChI is InChI=1S/C14H21O2/c1-2-3-4-5-6-7-11-16-14-10-8-9-13(15)12-14/h8,10,12,15H,2-7,11H2,1H3. The summed E-state index contributed by atoms with van der Waals surface area (Å²) in [5.41, 5.74) is 0. The number of hydrogen-bond donors (Lipinski definition) is 1. The van der Waals surface area contributed by atoms with Crippen molar-refractivity contribution in [3.05, 3.63) is 24.3 Å². The highest BCUT2D eigenvalue weighted by Crippen LogP contribution is 2.17. The van der Waals surface area contributed by atoms with Gasteiger partial charge in [0.05, 0.1) is 6.61 Å². The number of aromatic hydroxyl groups is 1. The molecule has 1 radical (unpaired) electrons. The van der Waals surface area contributed by atoms with E-state index in [0.29, 0.717) is 0 Å². The lowest BCUT2D eigenvalue weighted by atomic mass is 10.1. The van der Waals surface area contributed by atoms with Gasteiger partial charge in [-0.2, -0.15) is 0 Å². The van der Waals surface area contributed by atoms with Gasteiger partial charge in [-0.3, -0.25) is 0 Å². The summed E-state index contributed by atoms with van der Waals surface area (Å²) in [4.78, 5) is 0. The SMILES string of the molecule is CCCCCCCCOc1cc[c]c(O)c1. The first-order valence-electron chi connectivity index (χ1n) is 6.16. The van der Waals surface area contributed by atoms with Gasteiger partial charge in [0.2, 0.25) is 0 Å². The molecule has 89 valence electrons. The van der Waals surface area contributed by atoms with E-state index in [1.165, 1.54) is 32.1 Å². The van der Waals surface area contributed by atoms with E-state index in [-0.39, 0.29) is 5.75 Å². The molecule has 0 spiro atoms. The molecule has 0 saturated carbocycles. The van der Waals surface area contributed by atoms with Crippen LogP contribution in [0, 0.1) is 6.07 Å². The van der Waals surface area contributed by atoms with Crippen LogP contribution >= 0.6 is 0 Å². The predicted molar refractivity (Wildman–Crippen MR) is 65.8 cm³/mol. The maximum Gasteiger partial charge on any atom is 0.127 e. The molecule has 0 heterocycles. The Morgan fingerprint density at radius 1 is 1.19 bits per heavy atom. The van der Waals surface area contributed by atoms with Gasteiger partial charge in [-0.15, -0.1) is 0 Å². The molecule has 0 unspecified atom stereocenters. The minimum absolute atomic E-state index is 0.139. The molecule has 1 rings (SSSR count). The number of unbranched alkanes of at least 4 members (excludes halogenated alkanes) is 5. The Hall–Kier alpha value is -1.18. The molecule has 2 heteroatoms. The van der Waals surface area contributed by atoms with Crippen molar-refractivity contribution in [2.75, 3.05) is 6.61 Å². The quantitative estimate of drug-likeness (QED) is 0.674. The number of ether oxygens (including phenoxy) is 1. The molecular weight excluding hydrogens is 200 g/mol. The van der Waals surface area contributed by atoms with E-state index in [1.807, 2.05) is 6.07 Å². The fourth-order valence-electron chi connectivity index (χ4n) is 1.60. The summed E-state index contributed by atoms with van der Waals surface area (Å²) < 4.78 is 5.51. The Morgan fingerprint density at radius 2 is 1.94 bits per heavy atom. The van der Waals surface area contributed by atoms with E-state index in [4.69, 9.17) is 4.74 Å². The van der Waals surface area contributed by atoms with Crippen LogP contribution in [-0.2, 0) is 0 Å². The Bertz CT molecular complexity index is 284. The molecule has 16 heavy (non-hydrogen) atoms. The molecule has 0 aliphatic heterocycles. The van der Waals surface area contributed by atoms with Crippen molar-refractivity contribution in [3.8, 4) is 11.5 Å². The molecule has 0 bridgehead atoms.